The van der Waals surface area contributed by atoms with Gasteiger partial charge in [-0.25, -0.2) is 17.5 Å². The number of benzene rings is 2. The molecule has 6 heteroatoms. The maximum atomic E-state index is 13.5. The van der Waals surface area contributed by atoms with Crippen molar-refractivity contribution in [1.29, 1.82) is 0 Å². The molecule has 2 aromatic rings. The summed E-state index contributed by atoms with van der Waals surface area (Å²) in [6, 6.07) is 12.3. The SMILES string of the molecule is C[C@@H](NS(=O)(=O)Cc1ccccc1F)c1cccc(Cl)c1. The van der Waals surface area contributed by atoms with E-state index >= 15 is 0 Å². The molecule has 2 aromatic carbocycles. The fourth-order valence-electron chi connectivity index (χ4n) is 1.98. The van der Waals surface area contributed by atoms with Gasteiger partial charge in [0.1, 0.15) is 5.82 Å². The molecular weight excluding hydrogens is 313 g/mol. The van der Waals surface area contributed by atoms with E-state index in [-0.39, 0.29) is 5.56 Å². The number of hydrogen-bond acceptors (Lipinski definition) is 2. The van der Waals surface area contributed by atoms with Crippen LogP contribution in [0.15, 0.2) is 48.5 Å². The molecule has 3 nitrogen and oxygen atoms in total. The van der Waals surface area contributed by atoms with Crippen LogP contribution in [0.25, 0.3) is 0 Å². The van der Waals surface area contributed by atoms with Crippen molar-refractivity contribution in [2.24, 2.45) is 0 Å². The first-order chi connectivity index (χ1) is 9.87. The van der Waals surface area contributed by atoms with Gasteiger partial charge < -0.3 is 0 Å². The zero-order valence-electron chi connectivity index (χ0n) is 11.4. The fourth-order valence-corrected chi connectivity index (χ4v) is 3.58. The molecule has 0 unspecified atom stereocenters. The molecule has 0 heterocycles. The zero-order valence-corrected chi connectivity index (χ0v) is 13.0. The van der Waals surface area contributed by atoms with Crippen LogP contribution in [0.3, 0.4) is 0 Å². The number of rotatable bonds is 5. The molecule has 0 aliphatic rings. The summed E-state index contributed by atoms with van der Waals surface area (Å²) in [4.78, 5) is 0. The van der Waals surface area contributed by atoms with Crippen LogP contribution in [-0.2, 0) is 15.8 Å². The molecule has 0 bridgehead atoms. The van der Waals surface area contributed by atoms with E-state index in [4.69, 9.17) is 11.6 Å². The minimum absolute atomic E-state index is 0.142. The third-order valence-corrected chi connectivity index (χ3v) is 4.65. The van der Waals surface area contributed by atoms with Gasteiger partial charge in [0.15, 0.2) is 0 Å². The predicted octanol–water partition coefficient (Wildman–Crippen LogP) is 3.66. The van der Waals surface area contributed by atoms with Crippen LogP contribution < -0.4 is 4.72 Å². The number of sulfonamides is 1. The standard InChI is InChI=1S/C15H15ClFNO2S/c1-11(12-6-4-7-14(16)9-12)18-21(19,20)10-13-5-2-3-8-15(13)17/h2-9,11,18H,10H2,1H3/t11-/m1/s1. The first-order valence-corrected chi connectivity index (χ1v) is 8.39. The number of nitrogens with one attached hydrogen (secondary N) is 1. The Balaban J connectivity index is 2.12. The topological polar surface area (TPSA) is 46.2 Å². The van der Waals surface area contributed by atoms with Gasteiger partial charge >= 0.3 is 0 Å². The third kappa shape index (κ3) is 4.52. The highest BCUT2D eigenvalue weighted by atomic mass is 35.5. The second-order valence-electron chi connectivity index (χ2n) is 4.75. The molecule has 0 radical (unpaired) electrons. The number of halogens is 2. The highest BCUT2D eigenvalue weighted by Crippen LogP contribution is 2.19. The van der Waals surface area contributed by atoms with E-state index in [1.165, 1.54) is 18.2 Å². The van der Waals surface area contributed by atoms with Gasteiger partial charge in [-0.05, 0) is 30.7 Å². The Labute approximate surface area is 128 Å². The van der Waals surface area contributed by atoms with Gasteiger partial charge in [-0.1, -0.05) is 41.9 Å². The summed E-state index contributed by atoms with van der Waals surface area (Å²) in [5.74, 6) is -0.928. The molecule has 0 aliphatic carbocycles. The largest absolute Gasteiger partial charge is 0.216 e. The smallest absolute Gasteiger partial charge is 0.212 e. The summed E-state index contributed by atoms with van der Waals surface area (Å²) in [5.41, 5.74) is 0.892. The molecule has 2 rings (SSSR count). The molecule has 1 N–H and O–H groups in total. The van der Waals surface area contributed by atoms with Gasteiger partial charge in [0.05, 0.1) is 5.75 Å². The van der Waals surface area contributed by atoms with Crippen molar-refractivity contribution in [3.63, 3.8) is 0 Å². The summed E-state index contributed by atoms with van der Waals surface area (Å²) in [6.45, 7) is 1.71. The van der Waals surface area contributed by atoms with Gasteiger partial charge in [0.2, 0.25) is 10.0 Å². The molecule has 0 saturated carbocycles. The van der Waals surface area contributed by atoms with Crippen LogP contribution in [-0.4, -0.2) is 8.42 Å². The van der Waals surface area contributed by atoms with E-state index in [9.17, 15) is 12.8 Å². The van der Waals surface area contributed by atoms with Crippen molar-refractivity contribution < 1.29 is 12.8 Å². The van der Waals surface area contributed by atoms with Gasteiger partial charge in [-0.3, -0.25) is 0 Å². The lowest BCUT2D eigenvalue weighted by molar-refractivity contribution is 0.561. The van der Waals surface area contributed by atoms with Crippen molar-refractivity contribution in [1.82, 2.24) is 4.72 Å². The highest BCUT2D eigenvalue weighted by molar-refractivity contribution is 7.88. The molecular formula is C15H15ClFNO2S. The van der Waals surface area contributed by atoms with Crippen molar-refractivity contribution >= 4 is 21.6 Å². The van der Waals surface area contributed by atoms with E-state index in [2.05, 4.69) is 4.72 Å². The van der Waals surface area contributed by atoms with Crippen molar-refractivity contribution in [3.8, 4) is 0 Å². The Morgan fingerprint density at radius 1 is 1.19 bits per heavy atom. The van der Waals surface area contributed by atoms with Crippen LogP contribution >= 0.6 is 11.6 Å². The van der Waals surface area contributed by atoms with Crippen LogP contribution in [0.1, 0.15) is 24.1 Å². The van der Waals surface area contributed by atoms with Crippen molar-refractivity contribution in [3.05, 3.63) is 70.5 Å². The summed E-state index contributed by atoms with van der Waals surface area (Å²) in [5, 5.41) is 0.535. The Morgan fingerprint density at radius 3 is 2.57 bits per heavy atom. The first-order valence-electron chi connectivity index (χ1n) is 6.36. The summed E-state index contributed by atoms with van der Waals surface area (Å²) in [6.07, 6.45) is 0. The molecule has 1 atom stereocenters. The summed E-state index contributed by atoms with van der Waals surface area (Å²) in [7, 11) is -3.65. The number of hydrogen-bond donors (Lipinski definition) is 1. The molecule has 0 aliphatic heterocycles. The molecule has 0 aromatic heterocycles. The van der Waals surface area contributed by atoms with E-state index < -0.39 is 27.6 Å². The maximum Gasteiger partial charge on any atom is 0.216 e. The average Bonchev–Trinajstić information content (AvgIpc) is 2.40. The summed E-state index contributed by atoms with van der Waals surface area (Å²) < 4.78 is 40.3. The lowest BCUT2D eigenvalue weighted by Gasteiger charge is -2.15. The monoisotopic (exact) mass is 327 g/mol. The van der Waals surface area contributed by atoms with Gasteiger partial charge in [0, 0.05) is 16.6 Å². The Bertz CT molecular complexity index is 734. The second-order valence-corrected chi connectivity index (χ2v) is 6.94. The summed E-state index contributed by atoms with van der Waals surface area (Å²) >= 11 is 5.88. The molecule has 21 heavy (non-hydrogen) atoms. The maximum absolute atomic E-state index is 13.5. The van der Waals surface area contributed by atoms with Gasteiger partial charge in [-0.15, -0.1) is 0 Å². The Hall–Kier alpha value is -1.43. The highest BCUT2D eigenvalue weighted by Gasteiger charge is 2.18. The van der Waals surface area contributed by atoms with E-state index in [0.29, 0.717) is 5.02 Å². The normalized spacial score (nSPS) is 13.1. The second kappa shape index (κ2) is 6.56. The molecule has 0 spiro atoms. The van der Waals surface area contributed by atoms with E-state index in [0.717, 1.165) is 5.56 Å². The van der Waals surface area contributed by atoms with Crippen LogP contribution in [0, 0.1) is 5.82 Å². The lowest BCUT2D eigenvalue weighted by Crippen LogP contribution is -2.28. The van der Waals surface area contributed by atoms with Crippen LogP contribution in [0.5, 0.6) is 0 Å². The molecule has 0 amide bonds. The van der Waals surface area contributed by atoms with Crippen molar-refractivity contribution in [2.45, 2.75) is 18.7 Å². The molecule has 0 saturated heterocycles. The molecule has 0 fully saturated rings. The van der Waals surface area contributed by atoms with Gasteiger partial charge in [0.25, 0.3) is 0 Å². The van der Waals surface area contributed by atoms with Crippen LogP contribution in [0.2, 0.25) is 5.02 Å². The Morgan fingerprint density at radius 2 is 1.90 bits per heavy atom. The molecule has 112 valence electrons. The van der Waals surface area contributed by atoms with Crippen molar-refractivity contribution in [2.75, 3.05) is 0 Å². The lowest BCUT2D eigenvalue weighted by atomic mass is 10.1. The predicted molar refractivity (Wildman–Crippen MR) is 82.0 cm³/mol. The first kappa shape index (κ1) is 15.9. The average molecular weight is 328 g/mol. The quantitative estimate of drug-likeness (QED) is 0.911. The minimum Gasteiger partial charge on any atom is -0.212 e. The Kier molecular flexibility index (Phi) is 4.98. The van der Waals surface area contributed by atoms with E-state index in [1.807, 2.05) is 0 Å². The fraction of sp³-hybridized carbons (Fsp3) is 0.200. The van der Waals surface area contributed by atoms with Gasteiger partial charge in [-0.2, -0.15) is 0 Å². The minimum atomic E-state index is -3.65. The zero-order chi connectivity index (χ0) is 15.5. The third-order valence-electron chi connectivity index (χ3n) is 3.01. The van der Waals surface area contributed by atoms with E-state index in [1.54, 1.807) is 37.3 Å². The van der Waals surface area contributed by atoms with Crippen LogP contribution in [0.4, 0.5) is 4.39 Å².